The standard InChI is InChI=1S/C24H39NO3/c1-15(5-10-22(27)28)17-7-8-18-16-6-9-20-24(3,14-12-21(26)25(20)4)19(16)11-13-23(17,18)2/h15-20H,5-14H2,1-4H3,(H,27,28)/t15-,16?,17?,18?,19?,20?,23?,24?/m1/s1. The number of nitrogens with zero attached hydrogens (tertiary/aromatic N) is 1. The Bertz CT molecular complexity index is 648. The maximum Gasteiger partial charge on any atom is 0.303 e. The number of carboxylic acid groups (broad SMARTS) is 1. The molecule has 8 atom stereocenters. The van der Waals surface area contributed by atoms with E-state index in [2.05, 4.69) is 25.7 Å². The van der Waals surface area contributed by atoms with Crippen molar-refractivity contribution >= 4 is 11.9 Å². The summed E-state index contributed by atoms with van der Waals surface area (Å²) in [7, 11) is 2.04. The first kappa shape index (κ1) is 20.2. The number of hydrogen-bond donors (Lipinski definition) is 1. The van der Waals surface area contributed by atoms with Crippen LogP contribution in [0.3, 0.4) is 0 Å². The predicted molar refractivity (Wildman–Crippen MR) is 110 cm³/mol. The van der Waals surface area contributed by atoms with Gasteiger partial charge in [0.05, 0.1) is 0 Å². The first-order valence-electron chi connectivity index (χ1n) is 11.7. The second-order valence-corrected chi connectivity index (χ2v) is 11.1. The highest BCUT2D eigenvalue weighted by Crippen LogP contribution is 2.67. The summed E-state index contributed by atoms with van der Waals surface area (Å²) in [5.74, 6) is 3.23. The van der Waals surface area contributed by atoms with E-state index in [-0.39, 0.29) is 0 Å². The van der Waals surface area contributed by atoms with Gasteiger partial charge in [0.15, 0.2) is 0 Å². The molecule has 0 aromatic rings. The van der Waals surface area contributed by atoms with Gasteiger partial charge in [-0.1, -0.05) is 20.8 Å². The van der Waals surface area contributed by atoms with E-state index in [1.54, 1.807) is 0 Å². The highest BCUT2D eigenvalue weighted by molar-refractivity contribution is 5.77. The van der Waals surface area contributed by atoms with Crippen molar-refractivity contribution in [2.24, 2.45) is 40.4 Å². The number of amides is 1. The smallest absolute Gasteiger partial charge is 0.303 e. The minimum atomic E-state index is -0.655. The van der Waals surface area contributed by atoms with Crippen LogP contribution < -0.4 is 0 Å². The van der Waals surface area contributed by atoms with Gasteiger partial charge in [0.1, 0.15) is 0 Å². The van der Waals surface area contributed by atoms with Gasteiger partial charge in [0.2, 0.25) is 5.91 Å². The molecule has 0 aromatic carbocycles. The first-order chi connectivity index (χ1) is 13.2. The lowest BCUT2D eigenvalue weighted by molar-refractivity contribution is -0.158. The summed E-state index contributed by atoms with van der Waals surface area (Å²) in [4.78, 5) is 25.4. The van der Waals surface area contributed by atoms with E-state index >= 15 is 0 Å². The Morgan fingerprint density at radius 2 is 1.82 bits per heavy atom. The molecule has 1 saturated heterocycles. The molecule has 0 radical (unpaired) electrons. The molecule has 3 aliphatic carbocycles. The zero-order chi connectivity index (χ0) is 20.3. The summed E-state index contributed by atoms with van der Waals surface area (Å²) in [6, 6.07) is 0.436. The van der Waals surface area contributed by atoms with E-state index in [1.807, 2.05) is 7.05 Å². The summed E-state index contributed by atoms with van der Waals surface area (Å²) in [5.41, 5.74) is 0.679. The molecule has 1 amide bonds. The summed E-state index contributed by atoms with van der Waals surface area (Å²) >= 11 is 0. The molecule has 0 aromatic heterocycles. The van der Waals surface area contributed by atoms with E-state index in [0.29, 0.717) is 41.0 Å². The van der Waals surface area contributed by atoms with Crippen molar-refractivity contribution in [1.82, 2.24) is 4.90 Å². The Labute approximate surface area is 170 Å². The Kier molecular flexibility index (Phi) is 5.07. The van der Waals surface area contributed by atoms with Crippen LogP contribution in [0.4, 0.5) is 0 Å². The van der Waals surface area contributed by atoms with E-state index in [1.165, 1.54) is 38.5 Å². The molecule has 1 heterocycles. The monoisotopic (exact) mass is 389 g/mol. The predicted octanol–water partition coefficient (Wildman–Crippen LogP) is 4.97. The van der Waals surface area contributed by atoms with Crippen molar-refractivity contribution in [3.8, 4) is 0 Å². The number of carbonyl (C=O) groups is 2. The molecule has 1 aliphatic heterocycles. The molecule has 0 spiro atoms. The molecule has 4 aliphatic rings. The van der Waals surface area contributed by atoms with Crippen molar-refractivity contribution in [3.63, 3.8) is 0 Å². The zero-order valence-electron chi connectivity index (χ0n) is 18.2. The summed E-state index contributed by atoms with van der Waals surface area (Å²) in [5, 5.41) is 9.11. The number of carbonyl (C=O) groups excluding carboxylic acids is 1. The van der Waals surface area contributed by atoms with Gasteiger partial charge in [-0.05, 0) is 91.8 Å². The fourth-order valence-corrected chi connectivity index (χ4v) is 8.68. The van der Waals surface area contributed by atoms with Crippen LogP contribution in [0.25, 0.3) is 0 Å². The van der Waals surface area contributed by atoms with E-state index < -0.39 is 5.97 Å². The fraction of sp³-hybridized carbons (Fsp3) is 0.917. The summed E-state index contributed by atoms with van der Waals surface area (Å²) in [6.45, 7) is 7.32. The molecular weight excluding hydrogens is 350 g/mol. The average Bonchev–Trinajstić information content (AvgIpc) is 3.00. The van der Waals surface area contributed by atoms with E-state index in [4.69, 9.17) is 5.11 Å². The largest absolute Gasteiger partial charge is 0.481 e. The van der Waals surface area contributed by atoms with Gasteiger partial charge in [-0.15, -0.1) is 0 Å². The van der Waals surface area contributed by atoms with Gasteiger partial charge in [-0.3, -0.25) is 9.59 Å². The van der Waals surface area contributed by atoms with E-state index in [9.17, 15) is 9.59 Å². The minimum absolute atomic E-state index is 0.292. The van der Waals surface area contributed by atoms with Gasteiger partial charge < -0.3 is 10.0 Å². The van der Waals surface area contributed by atoms with Crippen LogP contribution in [-0.4, -0.2) is 35.0 Å². The molecule has 28 heavy (non-hydrogen) atoms. The molecule has 3 saturated carbocycles. The highest BCUT2D eigenvalue weighted by Gasteiger charge is 2.61. The first-order valence-corrected chi connectivity index (χ1v) is 11.7. The highest BCUT2D eigenvalue weighted by atomic mass is 16.4. The topological polar surface area (TPSA) is 57.6 Å². The third kappa shape index (κ3) is 2.92. The van der Waals surface area contributed by atoms with Crippen LogP contribution in [0.2, 0.25) is 0 Å². The normalized spacial score (nSPS) is 46.5. The van der Waals surface area contributed by atoms with E-state index in [0.717, 1.165) is 37.0 Å². The molecule has 158 valence electrons. The van der Waals surface area contributed by atoms with Gasteiger partial charge in [-0.2, -0.15) is 0 Å². The lowest BCUT2D eigenvalue weighted by Crippen LogP contribution is -2.61. The molecule has 4 rings (SSSR count). The SMILES string of the molecule is C[C@H](CCC(=O)O)C1CCC2C3CCC4N(C)C(=O)CCC4(C)C3CCC21C. The summed E-state index contributed by atoms with van der Waals surface area (Å²) < 4.78 is 0. The molecular formula is C24H39NO3. The average molecular weight is 390 g/mol. The van der Waals surface area contributed by atoms with Crippen LogP contribution in [-0.2, 0) is 9.59 Å². The minimum Gasteiger partial charge on any atom is -0.481 e. The molecule has 4 nitrogen and oxygen atoms in total. The lowest BCUT2D eigenvalue weighted by atomic mass is 9.46. The summed E-state index contributed by atoms with van der Waals surface area (Å²) in [6.07, 6.45) is 10.6. The van der Waals surface area contributed by atoms with Crippen molar-refractivity contribution in [1.29, 1.82) is 0 Å². The molecule has 4 heteroatoms. The van der Waals surface area contributed by atoms with Gasteiger partial charge >= 0.3 is 5.97 Å². The number of piperidine rings is 1. The van der Waals surface area contributed by atoms with Crippen LogP contribution in [0, 0.1) is 40.4 Å². The molecule has 0 bridgehead atoms. The lowest BCUT2D eigenvalue weighted by Gasteiger charge is -2.62. The quantitative estimate of drug-likeness (QED) is 0.739. The number of fused-ring (bicyclic) bond motifs is 5. The number of aliphatic carboxylic acids is 1. The number of rotatable bonds is 4. The fourth-order valence-electron chi connectivity index (χ4n) is 8.68. The second-order valence-electron chi connectivity index (χ2n) is 11.1. The second kappa shape index (κ2) is 7.02. The Balaban J connectivity index is 1.53. The third-order valence-electron chi connectivity index (χ3n) is 10.1. The Morgan fingerprint density at radius 1 is 1.11 bits per heavy atom. The van der Waals surface area contributed by atoms with Crippen molar-refractivity contribution in [2.45, 2.75) is 91.0 Å². The van der Waals surface area contributed by atoms with Gasteiger partial charge in [0, 0.05) is 25.9 Å². The Morgan fingerprint density at radius 3 is 2.54 bits per heavy atom. The van der Waals surface area contributed by atoms with Crippen molar-refractivity contribution in [3.05, 3.63) is 0 Å². The van der Waals surface area contributed by atoms with Gasteiger partial charge in [-0.25, -0.2) is 0 Å². The van der Waals surface area contributed by atoms with Crippen molar-refractivity contribution in [2.75, 3.05) is 7.05 Å². The van der Waals surface area contributed by atoms with Crippen LogP contribution >= 0.6 is 0 Å². The van der Waals surface area contributed by atoms with Crippen LogP contribution in [0.15, 0.2) is 0 Å². The Hall–Kier alpha value is -1.06. The third-order valence-corrected chi connectivity index (χ3v) is 10.1. The van der Waals surface area contributed by atoms with Crippen LogP contribution in [0.1, 0.15) is 85.0 Å². The zero-order valence-corrected chi connectivity index (χ0v) is 18.2. The molecule has 1 N–H and O–H groups in total. The molecule has 7 unspecified atom stereocenters. The maximum absolute atomic E-state index is 12.3. The maximum atomic E-state index is 12.3. The molecule has 4 fully saturated rings. The number of hydrogen-bond acceptors (Lipinski definition) is 2. The number of likely N-dealkylation sites (tertiary alicyclic amines) is 1. The number of carboxylic acids is 1. The van der Waals surface area contributed by atoms with Crippen LogP contribution in [0.5, 0.6) is 0 Å². The van der Waals surface area contributed by atoms with Gasteiger partial charge in [0.25, 0.3) is 0 Å². The van der Waals surface area contributed by atoms with Crippen molar-refractivity contribution < 1.29 is 14.7 Å².